The number of rotatable bonds is 5. The van der Waals surface area contributed by atoms with Gasteiger partial charge in [0.2, 0.25) is 0 Å². The van der Waals surface area contributed by atoms with Gasteiger partial charge in [-0.05, 0) is 47.1 Å². The van der Waals surface area contributed by atoms with E-state index in [9.17, 15) is 0 Å². The van der Waals surface area contributed by atoms with E-state index in [1.807, 2.05) is 0 Å². The van der Waals surface area contributed by atoms with Crippen molar-refractivity contribution in [2.24, 2.45) is 5.41 Å². The van der Waals surface area contributed by atoms with Crippen molar-refractivity contribution in [1.82, 2.24) is 5.32 Å². The first-order valence-electron chi connectivity index (χ1n) is 5.06. The molecule has 13 heavy (non-hydrogen) atoms. The molecular weight excluding hydrogens is 178 g/mol. The van der Waals surface area contributed by atoms with Gasteiger partial charge < -0.3 is 5.32 Å². The first-order chi connectivity index (χ1) is 6.35. The van der Waals surface area contributed by atoms with E-state index < -0.39 is 0 Å². The lowest BCUT2D eigenvalue weighted by Crippen LogP contribution is -2.22. The van der Waals surface area contributed by atoms with E-state index in [0.717, 1.165) is 6.54 Å². The van der Waals surface area contributed by atoms with Crippen LogP contribution >= 0.6 is 11.3 Å². The maximum atomic E-state index is 3.55. The quantitative estimate of drug-likeness (QED) is 0.761. The molecule has 0 bridgehead atoms. The van der Waals surface area contributed by atoms with Gasteiger partial charge in [-0.1, -0.05) is 6.92 Å². The van der Waals surface area contributed by atoms with E-state index in [2.05, 4.69) is 29.1 Å². The Hall–Kier alpha value is -0.340. The second-order valence-corrected chi connectivity index (χ2v) is 4.87. The summed E-state index contributed by atoms with van der Waals surface area (Å²) >= 11 is 1.78. The fourth-order valence-electron chi connectivity index (χ4n) is 1.70. The van der Waals surface area contributed by atoms with Gasteiger partial charge in [-0.2, -0.15) is 11.3 Å². The summed E-state index contributed by atoms with van der Waals surface area (Å²) in [6.07, 6.45) is 4.20. The molecule has 2 heteroatoms. The minimum absolute atomic E-state index is 0.677. The summed E-state index contributed by atoms with van der Waals surface area (Å²) in [4.78, 5) is 0. The molecule has 1 nitrogen and oxygen atoms in total. The molecule has 1 aromatic heterocycles. The van der Waals surface area contributed by atoms with Crippen molar-refractivity contribution in [3.05, 3.63) is 22.4 Å². The van der Waals surface area contributed by atoms with Gasteiger partial charge >= 0.3 is 0 Å². The van der Waals surface area contributed by atoms with Crippen LogP contribution in [0.4, 0.5) is 0 Å². The largest absolute Gasteiger partial charge is 0.312 e. The normalized spacial score (nSPS) is 18.8. The van der Waals surface area contributed by atoms with Crippen molar-refractivity contribution in [1.29, 1.82) is 0 Å². The summed E-state index contributed by atoms with van der Waals surface area (Å²) in [6.45, 7) is 4.56. The Balaban J connectivity index is 1.70. The highest BCUT2D eigenvalue weighted by molar-refractivity contribution is 7.07. The van der Waals surface area contributed by atoms with Crippen LogP contribution in [0, 0.1) is 5.41 Å². The molecule has 0 spiro atoms. The molecule has 0 saturated heterocycles. The van der Waals surface area contributed by atoms with Crippen LogP contribution in [0.15, 0.2) is 16.8 Å². The summed E-state index contributed by atoms with van der Waals surface area (Å²) in [5.41, 5.74) is 2.10. The Morgan fingerprint density at radius 3 is 2.92 bits per heavy atom. The predicted molar refractivity (Wildman–Crippen MR) is 58.0 cm³/mol. The van der Waals surface area contributed by atoms with Gasteiger partial charge in [0.15, 0.2) is 0 Å². The van der Waals surface area contributed by atoms with Crippen molar-refractivity contribution in [3.63, 3.8) is 0 Å². The molecular formula is C11H17NS. The molecule has 1 fully saturated rings. The smallest absolute Gasteiger partial charge is 0.0213 e. The van der Waals surface area contributed by atoms with Crippen LogP contribution < -0.4 is 5.32 Å². The Morgan fingerprint density at radius 2 is 2.38 bits per heavy atom. The molecule has 0 aliphatic heterocycles. The highest BCUT2D eigenvalue weighted by atomic mass is 32.1. The van der Waals surface area contributed by atoms with E-state index in [4.69, 9.17) is 0 Å². The first-order valence-corrected chi connectivity index (χ1v) is 6.01. The molecule has 0 aromatic carbocycles. The second kappa shape index (κ2) is 3.81. The molecule has 0 unspecified atom stereocenters. The molecule has 0 atom stereocenters. The summed E-state index contributed by atoms with van der Waals surface area (Å²) in [7, 11) is 0. The topological polar surface area (TPSA) is 12.0 Å². The van der Waals surface area contributed by atoms with Crippen molar-refractivity contribution in [2.45, 2.75) is 32.7 Å². The predicted octanol–water partition coefficient (Wildman–Crippen LogP) is 3.03. The number of hydrogen-bond donors (Lipinski definition) is 1. The van der Waals surface area contributed by atoms with Crippen LogP contribution in [0.3, 0.4) is 0 Å². The van der Waals surface area contributed by atoms with E-state index in [1.54, 1.807) is 11.3 Å². The minimum Gasteiger partial charge on any atom is -0.312 e. The van der Waals surface area contributed by atoms with E-state index in [1.165, 1.54) is 31.4 Å². The molecule has 1 N–H and O–H groups in total. The highest BCUT2D eigenvalue weighted by Crippen LogP contribution is 2.47. The Labute approximate surface area is 84.2 Å². The number of hydrogen-bond acceptors (Lipinski definition) is 2. The first kappa shape index (κ1) is 9.22. The zero-order valence-corrected chi connectivity index (χ0v) is 8.99. The SMILES string of the molecule is CCC1(CNCc2ccsc2)CC1. The van der Waals surface area contributed by atoms with Gasteiger partial charge in [0, 0.05) is 13.1 Å². The van der Waals surface area contributed by atoms with E-state index >= 15 is 0 Å². The Kier molecular flexibility index (Phi) is 2.70. The van der Waals surface area contributed by atoms with Crippen LogP contribution in [-0.4, -0.2) is 6.54 Å². The Morgan fingerprint density at radius 1 is 1.54 bits per heavy atom. The van der Waals surface area contributed by atoms with Gasteiger partial charge in [0.25, 0.3) is 0 Å². The lowest BCUT2D eigenvalue weighted by atomic mass is 10.0. The second-order valence-electron chi connectivity index (χ2n) is 4.09. The van der Waals surface area contributed by atoms with Crippen LogP contribution in [0.1, 0.15) is 31.7 Å². The van der Waals surface area contributed by atoms with Crippen molar-refractivity contribution in [2.75, 3.05) is 6.54 Å². The summed E-state index contributed by atoms with van der Waals surface area (Å²) in [5.74, 6) is 0. The summed E-state index contributed by atoms with van der Waals surface area (Å²) in [5, 5.41) is 7.91. The molecule has 1 aromatic rings. The van der Waals surface area contributed by atoms with Crippen molar-refractivity contribution < 1.29 is 0 Å². The zero-order valence-electron chi connectivity index (χ0n) is 8.18. The number of thiophene rings is 1. The monoisotopic (exact) mass is 195 g/mol. The third-order valence-corrected chi connectivity index (χ3v) is 3.85. The molecule has 1 saturated carbocycles. The zero-order chi connectivity index (χ0) is 9.15. The molecule has 0 radical (unpaired) electrons. The lowest BCUT2D eigenvalue weighted by Gasteiger charge is -2.12. The third kappa shape index (κ3) is 2.32. The molecule has 2 rings (SSSR count). The van der Waals surface area contributed by atoms with Gasteiger partial charge in [-0.25, -0.2) is 0 Å². The molecule has 1 aliphatic rings. The standard InChI is InChI=1S/C11H17NS/c1-2-11(4-5-11)9-12-7-10-3-6-13-8-10/h3,6,8,12H,2,4-5,7,9H2,1H3. The van der Waals surface area contributed by atoms with E-state index in [-0.39, 0.29) is 0 Å². The average Bonchev–Trinajstić information content (AvgIpc) is 2.74. The van der Waals surface area contributed by atoms with Crippen LogP contribution in [0.25, 0.3) is 0 Å². The average molecular weight is 195 g/mol. The minimum atomic E-state index is 0.677. The summed E-state index contributed by atoms with van der Waals surface area (Å²) < 4.78 is 0. The van der Waals surface area contributed by atoms with E-state index in [0.29, 0.717) is 5.41 Å². The highest BCUT2D eigenvalue weighted by Gasteiger charge is 2.39. The summed E-state index contributed by atoms with van der Waals surface area (Å²) in [6, 6.07) is 2.20. The molecule has 1 heterocycles. The van der Waals surface area contributed by atoms with Gasteiger partial charge in [-0.15, -0.1) is 0 Å². The van der Waals surface area contributed by atoms with Crippen LogP contribution in [0.5, 0.6) is 0 Å². The van der Waals surface area contributed by atoms with Crippen LogP contribution in [0.2, 0.25) is 0 Å². The van der Waals surface area contributed by atoms with Crippen molar-refractivity contribution >= 4 is 11.3 Å². The maximum absolute atomic E-state index is 3.55. The van der Waals surface area contributed by atoms with Gasteiger partial charge in [0.05, 0.1) is 0 Å². The third-order valence-electron chi connectivity index (χ3n) is 3.12. The fourth-order valence-corrected chi connectivity index (χ4v) is 2.37. The fraction of sp³-hybridized carbons (Fsp3) is 0.636. The Bertz CT molecular complexity index is 249. The molecule has 72 valence electrons. The van der Waals surface area contributed by atoms with Gasteiger partial charge in [0.1, 0.15) is 0 Å². The van der Waals surface area contributed by atoms with Crippen LogP contribution in [-0.2, 0) is 6.54 Å². The number of nitrogens with one attached hydrogen (secondary N) is 1. The lowest BCUT2D eigenvalue weighted by molar-refractivity contribution is 0.443. The van der Waals surface area contributed by atoms with Crippen molar-refractivity contribution in [3.8, 4) is 0 Å². The molecule has 1 aliphatic carbocycles. The maximum Gasteiger partial charge on any atom is 0.0213 e. The van der Waals surface area contributed by atoms with Gasteiger partial charge in [-0.3, -0.25) is 0 Å². The molecule has 0 amide bonds.